The van der Waals surface area contributed by atoms with Crippen molar-refractivity contribution >= 4 is 44.9 Å². The number of carbonyl (C=O) groups is 2. The number of imide groups is 1. The largest absolute Gasteiger partial charge is 0.490 e. The van der Waals surface area contributed by atoms with Crippen molar-refractivity contribution in [1.29, 1.82) is 0 Å². The van der Waals surface area contributed by atoms with E-state index in [4.69, 9.17) is 9.47 Å². The molecule has 0 spiro atoms. The average molecular weight is 510 g/mol. The fraction of sp³-hybridized carbons (Fsp3) is 0.120. The summed E-state index contributed by atoms with van der Waals surface area (Å²) >= 11 is 4.42. The van der Waals surface area contributed by atoms with Crippen molar-refractivity contribution in [2.75, 3.05) is 13.2 Å². The minimum Gasteiger partial charge on any atom is -0.490 e. The second-order valence-electron chi connectivity index (χ2n) is 6.94. The highest BCUT2D eigenvalue weighted by Gasteiger charge is 2.35. The maximum atomic E-state index is 12.8. The molecule has 2 amide bonds. The summed E-state index contributed by atoms with van der Waals surface area (Å²) in [5.74, 6) is 1.23. The van der Waals surface area contributed by atoms with Gasteiger partial charge in [-0.15, -0.1) is 0 Å². The SMILES string of the molecule is O=C1S/C(=C\c2ccc(OCCOc3ccccc3)cc2)C(=O)N1Cc1ccccc1Br. The summed E-state index contributed by atoms with van der Waals surface area (Å²) in [4.78, 5) is 26.8. The average Bonchev–Trinajstić information content (AvgIpc) is 3.07. The van der Waals surface area contributed by atoms with Crippen molar-refractivity contribution in [3.05, 3.63) is 99.4 Å². The first-order valence-electron chi connectivity index (χ1n) is 9.99. The molecule has 1 saturated heterocycles. The maximum Gasteiger partial charge on any atom is 0.293 e. The minimum atomic E-state index is -0.283. The van der Waals surface area contributed by atoms with Gasteiger partial charge in [-0.05, 0) is 59.3 Å². The lowest BCUT2D eigenvalue weighted by atomic mass is 10.2. The van der Waals surface area contributed by atoms with E-state index in [1.165, 1.54) is 4.90 Å². The first-order valence-corrected chi connectivity index (χ1v) is 11.6. The molecule has 1 fully saturated rings. The van der Waals surface area contributed by atoms with E-state index in [9.17, 15) is 9.59 Å². The molecule has 7 heteroatoms. The highest BCUT2D eigenvalue weighted by molar-refractivity contribution is 9.10. The Balaban J connectivity index is 1.33. The number of hydrogen-bond acceptors (Lipinski definition) is 5. The van der Waals surface area contributed by atoms with Crippen LogP contribution in [-0.2, 0) is 11.3 Å². The molecule has 1 aliphatic heterocycles. The number of hydrogen-bond donors (Lipinski definition) is 0. The maximum absolute atomic E-state index is 12.8. The van der Waals surface area contributed by atoms with Crippen molar-refractivity contribution in [2.45, 2.75) is 6.54 Å². The van der Waals surface area contributed by atoms with E-state index >= 15 is 0 Å². The Morgan fingerprint density at radius 3 is 2.12 bits per heavy atom. The molecule has 0 radical (unpaired) electrons. The van der Waals surface area contributed by atoms with Gasteiger partial charge in [-0.25, -0.2) is 0 Å². The van der Waals surface area contributed by atoms with Crippen LogP contribution in [0.5, 0.6) is 11.5 Å². The quantitative estimate of drug-likeness (QED) is 0.269. The first-order chi connectivity index (χ1) is 15.6. The van der Waals surface area contributed by atoms with E-state index in [0.717, 1.165) is 33.1 Å². The molecule has 32 heavy (non-hydrogen) atoms. The molecule has 0 unspecified atom stereocenters. The molecule has 1 heterocycles. The smallest absolute Gasteiger partial charge is 0.293 e. The van der Waals surface area contributed by atoms with Crippen LogP contribution in [0.2, 0.25) is 0 Å². The van der Waals surface area contributed by atoms with Crippen molar-refractivity contribution < 1.29 is 19.1 Å². The highest BCUT2D eigenvalue weighted by Crippen LogP contribution is 2.34. The number of rotatable bonds is 8. The van der Waals surface area contributed by atoms with Gasteiger partial charge in [-0.1, -0.05) is 64.5 Å². The van der Waals surface area contributed by atoms with Crippen molar-refractivity contribution in [3.63, 3.8) is 0 Å². The molecule has 0 aromatic heterocycles. The third kappa shape index (κ3) is 5.60. The molecular formula is C25H20BrNO4S. The van der Waals surface area contributed by atoms with Crippen LogP contribution >= 0.6 is 27.7 Å². The summed E-state index contributed by atoms with van der Waals surface area (Å²) in [5.41, 5.74) is 1.71. The van der Waals surface area contributed by atoms with Gasteiger partial charge < -0.3 is 9.47 Å². The zero-order chi connectivity index (χ0) is 22.3. The highest BCUT2D eigenvalue weighted by atomic mass is 79.9. The van der Waals surface area contributed by atoms with Gasteiger partial charge in [0.2, 0.25) is 0 Å². The Morgan fingerprint density at radius 2 is 1.44 bits per heavy atom. The van der Waals surface area contributed by atoms with Crippen LogP contribution in [-0.4, -0.2) is 29.3 Å². The third-order valence-electron chi connectivity index (χ3n) is 4.70. The fourth-order valence-electron chi connectivity index (χ4n) is 3.08. The Bertz CT molecular complexity index is 1130. The predicted molar refractivity (Wildman–Crippen MR) is 130 cm³/mol. The molecule has 0 N–H and O–H groups in total. The van der Waals surface area contributed by atoms with Gasteiger partial charge in [0.1, 0.15) is 24.7 Å². The minimum absolute atomic E-state index is 0.237. The number of thioether (sulfide) groups is 1. The van der Waals surface area contributed by atoms with E-state index in [-0.39, 0.29) is 17.7 Å². The molecule has 0 atom stereocenters. The van der Waals surface area contributed by atoms with E-state index in [0.29, 0.717) is 23.9 Å². The zero-order valence-corrected chi connectivity index (χ0v) is 19.5. The second kappa shape index (κ2) is 10.5. The first kappa shape index (κ1) is 22.2. The summed E-state index contributed by atoms with van der Waals surface area (Å²) in [6.07, 6.45) is 1.73. The Labute approximate surface area is 199 Å². The van der Waals surface area contributed by atoms with E-state index < -0.39 is 0 Å². The van der Waals surface area contributed by atoms with E-state index in [1.807, 2.05) is 78.9 Å². The molecule has 3 aromatic carbocycles. The fourth-order valence-corrected chi connectivity index (χ4v) is 4.33. The van der Waals surface area contributed by atoms with Crippen LogP contribution in [0, 0.1) is 0 Å². The van der Waals surface area contributed by atoms with E-state index in [1.54, 1.807) is 6.08 Å². The standard InChI is InChI=1S/C25H20BrNO4S/c26-22-9-5-4-6-19(22)17-27-24(28)23(32-25(27)29)16-18-10-12-21(13-11-18)31-15-14-30-20-7-2-1-3-8-20/h1-13,16H,14-15,17H2/b23-16-. The number of carbonyl (C=O) groups excluding carboxylic acids is 2. The lowest BCUT2D eigenvalue weighted by molar-refractivity contribution is -0.123. The Morgan fingerprint density at radius 1 is 0.812 bits per heavy atom. The molecule has 0 aliphatic carbocycles. The van der Waals surface area contributed by atoms with Gasteiger partial charge in [0.05, 0.1) is 11.4 Å². The monoisotopic (exact) mass is 509 g/mol. The van der Waals surface area contributed by atoms with Crippen molar-refractivity contribution in [2.24, 2.45) is 0 Å². The Kier molecular flexibility index (Phi) is 7.29. The molecule has 4 rings (SSSR count). The number of para-hydroxylation sites is 1. The summed E-state index contributed by atoms with van der Waals surface area (Å²) < 4.78 is 12.2. The Hall–Kier alpha value is -3.03. The van der Waals surface area contributed by atoms with Crippen molar-refractivity contribution in [3.8, 4) is 11.5 Å². The number of amides is 2. The summed E-state index contributed by atoms with van der Waals surface area (Å²) in [6, 6.07) is 24.5. The van der Waals surface area contributed by atoms with Crippen LogP contribution in [0.15, 0.2) is 88.2 Å². The second-order valence-corrected chi connectivity index (χ2v) is 8.79. The van der Waals surface area contributed by atoms with Gasteiger partial charge in [0, 0.05) is 4.47 Å². The molecular weight excluding hydrogens is 490 g/mol. The van der Waals surface area contributed by atoms with Gasteiger partial charge in [0.15, 0.2) is 0 Å². The predicted octanol–water partition coefficient (Wildman–Crippen LogP) is 6.14. The summed E-state index contributed by atoms with van der Waals surface area (Å²) in [7, 11) is 0. The van der Waals surface area contributed by atoms with Crippen LogP contribution in [0.1, 0.15) is 11.1 Å². The van der Waals surface area contributed by atoms with Crippen molar-refractivity contribution in [1.82, 2.24) is 4.90 Å². The number of halogens is 1. The zero-order valence-electron chi connectivity index (χ0n) is 17.1. The molecule has 0 bridgehead atoms. The lowest BCUT2D eigenvalue weighted by Crippen LogP contribution is -2.27. The summed E-state index contributed by atoms with van der Waals surface area (Å²) in [6.45, 7) is 1.10. The normalized spacial score (nSPS) is 14.8. The molecule has 1 aliphatic rings. The molecule has 162 valence electrons. The van der Waals surface area contributed by atoms with Gasteiger partial charge in [-0.3, -0.25) is 14.5 Å². The van der Waals surface area contributed by atoms with Gasteiger partial charge in [0.25, 0.3) is 11.1 Å². The van der Waals surface area contributed by atoms with Crippen LogP contribution < -0.4 is 9.47 Å². The van der Waals surface area contributed by atoms with Crippen LogP contribution in [0.25, 0.3) is 6.08 Å². The lowest BCUT2D eigenvalue weighted by Gasteiger charge is -2.13. The topological polar surface area (TPSA) is 55.8 Å². The van der Waals surface area contributed by atoms with Crippen LogP contribution in [0.4, 0.5) is 4.79 Å². The number of ether oxygens (including phenoxy) is 2. The van der Waals surface area contributed by atoms with Gasteiger partial charge in [-0.2, -0.15) is 0 Å². The molecule has 0 saturated carbocycles. The van der Waals surface area contributed by atoms with Gasteiger partial charge >= 0.3 is 0 Å². The summed E-state index contributed by atoms with van der Waals surface area (Å²) in [5, 5.41) is -0.268. The molecule has 3 aromatic rings. The number of benzene rings is 3. The van der Waals surface area contributed by atoms with E-state index in [2.05, 4.69) is 15.9 Å². The third-order valence-corrected chi connectivity index (χ3v) is 6.38. The molecule has 5 nitrogen and oxygen atoms in total. The van der Waals surface area contributed by atoms with Crippen LogP contribution in [0.3, 0.4) is 0 Å². The number of nitrogens with zero attached hydrogens (tertiary/aromatic N) is 1.